The number of H-pyrrole nitrogens is 1. The predicted octanol–water partition coefficient (Wildman–Crippen LogP) is 1.50. The fourth-order valence-corrected chi connectivity index (χ4v) is 1.58. The lowest BCUT2D eigenvalue weighted by Crippen LogP contribution is -1.95. The van der Waals surface area contributed by atoms with Crippen molar-refractivity contribution in [1.29, 1.82) is 0 Å². The third-order valence-corrected chi connectivity index (χ3v) is 2.50. The molecule has 3 rings (SSSR count). The summed E-state index contributed by atoms with van der Waals surface area (Å²) in [5, 5.41) is 13.2. The van der Waals surface area contributed by atoms with Crippen LogP contribution in [0.5, 0.6) is 5.75 Å². The van der Waals surface area contributed by atoms with Crippen molar-refractivity contribution < 1.29 is 5.11 Å². The summed E-state index contributed by atoms with van der Waals surface area (Å²) >= 11 is 0. The fourth-order valence-electron chi connectivity index (χ4n) is 1.58. The summed E-state index contributed by atoms with van der Waals surface area (Å²) in [5.74, 6) is 0.776. The number of benzene rings is 1. The Balaban J connectivity index is 1.78. The summed E-state index contributed by atoms with van der Waals surface area (Å²) in [7, 11) is 0. The standard InChI is InChI=1S/C12H10N6O/c19-9-3-1-8(2-4-9)5-17-18-12-10-11(14-6-13-10)15-7-16-12/h1-7,19H,(H2,13,14,15,16,18)/b17-5-. The second-order valence-electron chi connectivity index (χ2n) is 3.78. The number of nitrogens with zero attached hydrogens (tertiary/aromatic N) is 4. The summed E-state index contributed by atoms with van der Waals surface area (Å²) in [5.41, 5.74) is 4.96. The highest BCUT2D eigenvalue weighted by molar-refractivity contribution is 5.84. The molecule has 0 saturated heterocycles. The smallest absolute Gasteiger partial charge is 0.182 e. The Morgan fingerprint density at radius 1 is 1.16 bits per heavy atom. The second-order valence-corrected chi connectivity index (χ2v) is 3.78. The topological polar surface area (TPSA) is 99.1 Å². The summed E-state index contributed by atoms with van der Waals surface area (Å²) < 4.78 is 0. The first-order valence-corrected chi connectivity index (χ1v) is 5.55. The maximum atomic E-state index is 9.17. The number of phenolic OH excluding ortho intramolecular Hbond substituents is 1. The van der Waals surface area contributed by atoms with E-state index in [1.165, 1.54) is 6.33 Å². The lowest BCUT2D eigenvalue weighted by atomic mass is 10.2. The van der Waals surface area contributed by atoms with E-state index in [0.717, 1.165) is 5.56 Å². The van der Waals surface area contributed by atoms with E-state index in [4.69, 9.17) is 5.11 Å². The van der Waals surface area contributed by atoms with Crippen LogP contribution in [0.2, 0.25) is 0 Å². The lowest BCUT2D eigenvalue weighted by molar-refractivity contribution is 0.475. The van der Waals surface area contributed by atoms with Crippen molar-refractivity contribution in [2.24, 2.45) is 5.10 Å². The molecule has 3 aromatic rings. The fraction of sp³-hybridized carbons (Fsp3) is 0. The molecule has 94 valence electrons. The minimum absolute atomic E-state index is 0.222. The molecule has 2 heterocycles. The molecular weight excluding hydrogens is 244 g/mol. The van der Waals surface area contributed by atoms with Gasteiger partial charge in [0, 0.05) is 0 Å². The number of nitrogens with one attached hydrogen (secondary N) is 2. The second kappa shape index (κ2) is 4.73. The van der Waals surface area contributed by atoms with E-state index in [2.05, 4.69) is 30.5 Å². The van der Waals surface area contributed by atoms with E-state index in [0.29, 0.717) is 17.0 Å². The van der Waals surface area contributed by atoms with Crippen LogP contribution in [0, 0.1) is 0 Å². The van der Waals surface area contributed by atoms with E-state index >= 15 is 0 Å². The molecule has 0 spiro atoms. The Bertz CT molecular complexity index is 718. The van der Waals surface area contributed by atoms with Gasteiger partial charge in [0.2, 0.25) is 0 Å². The van der Waals surface area contributed by atoms with Crippen LogP contribution in [-0.2, 0) is 0 Å². The van der Waals surface area contributed by atoms with Crippen molar-refractivity contribution in [1.82, 2.24) is 19.9 Å². The van der Waals surface area contributed by atoms with Gasteiger partial charge in [0.05, 0.1) is 12.5 Å². The van der Waals surface area contributed by atoms with Crippen molar-refractivity contribution in [3.63, 3.8) is 0 Å². The average Bonchev–Trinajstić information content (AvgIpc) is 2.90. The number of aromatic nitrogens is 4. The Hall–Kier alpha value is -2.96. The normalized spacial score (nSPS) is 11.2. The van der Waals surface area contributed by atoms with Crippen LogP contribution in [-0.4, -0.2) is 31.3 Å². The summed E-state index contributed by atoms with van der Waals surface area (Å²) in [6.07, 6.45) is 4.60. The molecule has 0 bridgehead atoms. The molecule has 0 fully saturated rings. The zero-order chi connectivity index (χ0) is 13.1. The number of hydrogen-bond acceptors (Lipinski definition) is 6. The number of fused-ring (bicyclic) bond motifs is 1. The Kier molecular flexibility index (Phi) is 2.77. The van der Waals surface area contributed by atoms with Crippen LogP contribution < -0.4 is 5.43 Å². The van der Waals surface area contributed by atoms with Gasteiger partial charge in [-0.15, -0.1) is 0 Å². The highest BCUT2D eigenvalue weighted by atomic mass is 16.3. The average molecular weight is 254 g/mol. The van der Waals surface area contributed by atoms with E-state index in [1.807, 2.05) is 0 Å². The van der Waals surface area contributed by atoms with Gasteiger partial charge >= 0.3 is 0 Å². The first-order chi connectivity index (χ1) is 9.33. The van der Waals surface area contributed by atoms with Crippen molar-refractivity contribution in [3.05, 3.63) is 42.5 Å². The zero-order valence-electron chi connectivity index (χ0n) is 9.78. The van der Waals surface area contributed by atoms with Gasteiger partial charge < -0.3 is 10.1 Å². The maximum Gasteiger partial charge on any atom is 0.182 e. The molecule has 0 aliphatic rings. The maximum absolute atomic E-state index is 9.17. The molecule has 0 saturated carbocycles. The number of hydrazone groups is 1. The molecule has 2 aromatic heterocycles. The number of hydrogen-bond donors (Lipinski definition) is 3. The molecule has 0 atom stereocenters. The molecule has 0 radical (unpaired) electrons. The van der Waals surface area contributed by atoms with E-state index < -0.39 is 0 Å². The number of rotatable bonds is 3. The van der Waals surface area contributed by atoms with Gasteiger partial charge in [0.1, 0.15) is 17.6 Å². The van der Waals surface area contributed by atoms with Gasteiger partial charge in [0.15, 0.2) is 11.5 Å². The van der Waals surface area contributed by atoms with Crippen molar-refractivity contribution in [3.8, 4) is 5.75 Å². The van der Waals surface area contributed by atoms with Gasteiger partial charge in [-0.2, -0.15) is 5.10 Å². The highest BCUT2D eigenvalue weighted by Crippen LogP contribution is 2.14. The molecule has 7 nitrogen and oxygen atoms in total. The highest BCUT2D eigenvalue weighted by Gasteiger charge is 2.03. The molecule has 0 unspecified atom stereocenters. The van der Waals surface area contributed by atoms with Crippen LogP contribution >= 0.6 is 0 Å². The summed E-state index contributed by atoms with van der Waals surface area (Å²) in [6, 6.07) is 6.71. The van der Waals surface area contributed by atoms with Crippen molar-refractivity contribution >= 4 is 23.2 Å². The van der Waals surface area contributed by atoms with Gasteiger partial charge in [-0.25, -0.2) is 15.0 Å². The van der Waals surface area contributed by atoms with Gasteiger partial charge in [-0.05, 0) is 29.8 Å². The number of anilines is 1. The first-order valence-electron chi connectivity index (χ1n) is 5.55. The van der Waals surface area contributed by atoms with Gasteiger partial charge in [0.25, 0.3) is 0 Å². The van der Waals surface area contributed by atoms with Gasteiger partial charge in [-0.1, -0.05) is 0 Å². The number of phenols is 1. The zero-order valence-corrected chi connectivity index (χ0v) is 9.78. The number of imidazole rings is 1. The third-order valence-electron chi connectivity index (χ3n) is 2.50. The monoisotopic (exact) mass is 254 g/mol. The predicted molar refractivity (Wildman–Crippen MR) is 71.0 cm³/mol. The SMILES string of the molecule is Oc1ccc(/C=N\Nc2ncnc3nc[nH]c23)cc1. The largest absolute Gasteiger partial charge is 0.508 e. The molecular formula is C12H10N6O. The van der Waals surface area contributed by atoms with Crippen molar-refractivity contribution in [2.75, 3.05) is 5.43 Å². The van der Waals surface area contributed by atoms with E-state index in [1.54, 1.807) is 36.8 Å². The Labute approximate surface area is 108 Å². The molecule has 7 heteroatoms. The number of aromatic hydroxyl groups is 1. The quantitative estimate of drug-likeness (QED) is 0.486. The summed E-state index contributed by atoms with van der Waals surface area (Å²) in [4.78, 5) is 15.0. The van der Waals surface area contributed by atoms with Crippen LogP contribution in [0.15, 0.2) is 42.0 Å². The van der Waals surface area contributed by atoms with Crippen LogP contribution in [0.4, 0.5) is 5.82 Å². The Morgan fingerprint density at radius 3 is 2.84 bits per heavy atom. The van der Waals surface area contributed by atoms with Crippen molar-refractivity contribution in [2.45, 2.75) is 0 Å². The third kappa shape index (κ3) is 2.34. The molecule has 19 heavy (non-hydrogen) atoms. The summed E-state index contributed by atoms with van der Waals surface area (Å²) in [6.45, 7) is 0. The first kappa shape index (κ1) is 11.1. The molecule has 1 aromatic carbocycles. The molecule has 0 aliphatic carbocycles. The minimum Gasteiger partial charge on any atom is -0.508 e. The Morgan fingerprint density at radius 2 is 2.00 bits per heavy atom. The lowest BCUT2D eigenvalue weighted by Gasteiger charge is -1.99. The van der Waals surface area contributed by atoms with Gasteiger partial charge in [-0.3, -0.25) is 5.43 Å². The van der Waals surface area contributed by atoms with E-state index in [9.17, 15) is 0 Å². The van der Waals surface area contributed by atoms with Crippen LogP contribution in [0.1, 0.15) is 5.56 Å². The van der Waals surface area contributed by atoms with Crippen LogP contribution in [0.25, 0.3) is 11.2 Å². The number of aromatic amines is 1. The molecule has 0 amide bonds. The minimum atomic E-state index is 0.222. The molecule has 3 N–H and O–H groups in total. The molecule has 0 aliphatic heterocycles. The van der Waals surface area contributed by atoms with E-state index in [-0.39, 0.29) is 5.75 Å². The van der Waals surface area contributed by atoms with Crippen LogP contribution in [0.3, 0.4) is 0 Å².